The third-order valence-corrected chi connectivity index (χ3v) is 7.49. The lowest BCUT2D eigenvalue weighted by molar-refractivity contribution is 0.190. The molecule has 0 unspecified atom stereocenters. The lowest BCUT2D eigenvalue weighted by atomic mass is 10.1. The van der Waals surface area contributed by atoms with Crippen LogP contribution in [-0.4, -0.2) is 50.3 Å². The van der Waals surface area contributed by atoms with E-state index in [1.54, 1.807) is 10.4 Å². The van der Waals surface area contributed by atoms with Crippen molar-refractivity contribution in [3.05, 3.63) is 65.2 Å². The van der Waals surface area contributed by atoms with Gasteiger partial charge in [-0.1, -0.05) is 36.4 Å². The van der Waals surface area contributed by atoms with E-state index in [0.29, 0.717) is 18.0 Å². The average molecular weight is 371 g/mol. The smallest absolute Gasteiger partial charge is 0.243 e. The lowest BCUT2D eigenvalue weighted by Crippen LogP contribution is -2.49. The van der Waals surface area contributed by atoms with Gasteiger partial charge in [-0.3, -0.25) is 0 Å². The monoisotopic (exact) mass is 370 g/mol. The van der Waals surface area contributed by atoms with Crippen molar-refractivity contribution in [2.75, 3.05) is 32.7 Å². The van der Waals surface area contributed by atoms with Crippen molar-refractivity contribution in [1.29, 1.82) is 0 Å². The molecule has 2 aromatic carbocycles. The molecule has 1 aliphatic heterocycles. The molecule has 0 spiro atoms. The van der Waals surface area contributed by atoms with Crippen molar-refractivity contribution in [2.45, 2.75) is 30.6 Å². The van der Waals surface area contributed by atoms with Gasteiger partial charge < -0.3 is 4.90 Å². The van der Waals surface area contributed by atoms with Gasteiger partial charge in [0.05, 0.1) is 4.90 Å². The van der Waals surface area contributed by atoms with Gasteiger partial charge in [0.25, 0.3) is 0 Å². The summed E-state index contributed by atoms with van der Waals surface area (Å²) in [6.45, 7) is 3.74. The molecule has 0 N–H and O–H groups in total. The van der Waals surface area contributed by atoms with Crippen molar-refractivity contribution in [1.82, 2.24) is 9.21 Å². The number of hydrogen-bond donors (Lipinski definition) is 0. The largest absolute Gasteiger partial charge is 0.300 e. The van der Waals surface area contributed by atoms with Crippen molar-refractivity contribution >= 4 is 10.0 Å². The fourth-order valence-electron chi connectivity index (χ4n) is 3.98. The summed E-state index contributed by atoms with van der Waals surface area (Å²) in [6.07, 6.45) is 4.24. The number of nitrogens with zero attached hydrogens (tertiary/aromatic N) is 2. The van der Waals surface area contributed by atoms with E-state index in [0.717, 1.165) is 45.3 Å². The van der Waals surface area contributed by atoms with Gasteiger partial charge in [-0.2, -0.15) is 4.31 Å². The molecule has 0 aromatic heterocycles. The lowest BCUT2D eigenvalue weighted by Gasteiger charge is -2.34. The number of sulfonamides is 1. The highest BCUT2D eigenvalue weighted by Crippen LogP contribution is 2.26. The molecule has 2 aromatic rings. The van der Waals surface area contributed by atoms with E-state index in [2.05, 4.69) is 29.2 Å². The molecule has 0 radical (unpaired) electrons. The number of benzene rings is 2. The maximum atomic E-state index is 13.0. The molecule has 0 bridgehead atoms. The van der Waals surface area contributed by atoms with Gasteiger partial charge in [-0.15, -0.1) is 0 Å². The van der Waals surface area contributed by atoms with E-state index in [1.807, 2.05) is 18.2 Å². The number of aryl methyl sites for hydroxylation is 2. The van der Waals surface area contributed by atoms with Crippen LogP contribution >= 0.6 is 0 Å². The number of piperazine rings is 1. The highest BCUT2D eigenvalue weighted by Gasteiger charge is 2.29. The van der Waals surface area contributed by atoms with Gasteiger partial charge in [0.1, 0.15) is 0 Å². The highest BCUT2D eigenvalue weighted by atomic mass is 32.2. The average Bonchev–Trinajstić information content (AvgIpc) is 3.15. The molecule has 138 valence electrons. The zero-order chi connectivity index (χ0) is 18.0. The second-order valence-electron chi connectivity index (χ2n) is 7.27. The van der Waals surface area contributed by atoms with Crippen molar-refractivity contribution in [3.8, 4) is 0 Å². The first kappa shape index (κ1) is 17.7. The van der Waals surface area contributed by atoms with Crippen LogP contribution in [-0.2, 0) is 29.3 Å². The maximum absolute atomic E-state index is 13.0. The molecule has 0 amide bonds. The molecule has 4 nitrogen and oxygen atoms in total. The predicted molar refractivity (Wildman–Crippen MR) is 104 cm³/mol. The zero-order valence-corrected chi connectivity index (χ0v) is 15.9. The van der Waals surface area contributed by atoms with Crippen LogP contribution < -0.4 is 0 Å². The van der Waals surface area contributed by atoms with E-state index in [-0.39, 0.29) is 0 Å². The summed E-state index contributed by atoms with van der Waals surface area (Å²) in [5.41, 5.74) is 3.86. The fraction of sp³-hybridized carbons (Fsp3) is 0.429. The Morgan fingerprint density at radius 3 is 2.35 bits per heavy atom. The zero-order valence-electron chi connectivity index (χ0n) is 15.1. The first-order chi connectivity index (χ1) is 12.6. The Balaban J connectivity index is 1.36. The molecule has 1 saturated heterocycles. The summed E-state index contributed by atoms with van der Waals surface area (Å²) >= 11 is 0. The number of rotatable bonds is 5. The summed E-state index contributed by atoms with van der Waals surface area (Å²) in [7, 11) is -3.37. The molecular formula is C21H26N2O2S. The standard InChI is InChI=1S/C21H26N2O2S/c24-26(25,21-10-9-19-7-4-8-20(19)17-21)23-15-13-22(14-16-23)12-11-18-5-2-1-3-6-18/h1-3,5-6,9-10,17H,4,7-8,11-16H2. The topological polar surface area (TPSA) is 40.6 Å². The van der Waals surface area contributed by atoms with Crippen LogP contribution in [0.1, 0.15) is 23.1 Å². The van der Waals surface area contributed by atoms with E-state index in [4.69, 9.17) is 0 Å². The van der Waals surface area contributed by atoms with Crippen LogP contribution in [0.25, 0.3) is 0 Å². The van der Waals surface area contributed by atoms with Crippen LogP contribution in [0, 0.1) is 0 Å². The van der Waals surface area contributed by atoms with E-state index >= 15 is 0 Å². The molecule has 1 heterocycles. The van der Waals surface area contributed by atoms with Crippen LogP contribution in [0.3, 0.4) is 0 Å². The molecule has 1 aliphatic carbocycles. The van der Waals surface area contributed by atoms with Crippen LogP contribution in [0.15, 0.2) is 53.4 Å². The molecule has 0 saturated carbocycles. The normalized spacial score (nSPS) is 18.8. The molecule has 5 heteroatoms. The van der Waals surface area contributed by atoms with Crippen molar-refractivity contribution in [2.24, 2.45) is 0 Å². The van der Waals surface area contributed by atoms with Crippen LogP contribution in [0.5, 0.6) is 0 Å². The Labute approximate surface area is 156 Å². The minimum absolute atomic E-state index is 0.468. The molecular weight excluding hydrogens is 344 g/mol. The molecule has 1 fully saturated rings. The number of hydrogen-bond acceptors (Lipinski definition) is 3. The van der Waals surface area contributed by atoms with Gasteiger partial charge in [0.2, 0.25) is 10.0 Å². The maximum Gasteiger partial charge on any atom is 0.243 e. The Morgan fingerprint density at radius 2 is 1.58 bits per heavy atom. The van der Waals surface area contributed by atoms with E-state index in [9.17, 15) is 8.42 Å². The summed E-state index contributed by atoms with van der Waals surface area (Å²) in [5.74, 6) is 0. The Hall–Kier alpha value is -1.69. The van der Waals surface area contributed by atoms with Gasteiger partial charge in [0, 0.05) is 32.7 Å². The third kappa shape index (κ3) is 3.70. The molecule has 0 atom stereocenters. The van der Waals surface area contributed by atoms with Crippen LogP contribution in [0.4, 0.5) is 0 Å². The number of fused-ring (bicyclic) bond motifs is 1. The van der Waals surface area contributed by atoms with E-state index < -0.39 is 10.0 Å². The Kier molecular flexibility index (Phi) is 5.11. The van der Waals surface area contributed by atoms with E-state index in [1.165, 1.54) is 16.7 Å². The summed E-state index contributed by atoms with van der Waals surface area (Å²) in [4.78, 5) is 2.83. The molecule has 4 rings (SSSR count). The summed E-state index contributed by atoms with van der Waals surface area (Å²) < 4.78 is 27.6. The van der Waals surface area contributed by atoms with Gasteiger partial charge in [-0.05, 0) is 54.5 Å². The molecule has 26 heavy (non-hydrogen) atoms. The van der Waals surface area contributed by atoms with Crippen molar-refractivity contribution < 1.29 is 8.42 Å². The quantitative estimate of drug-likeness (QED) is 0.813. The fourth-order valence-corrected chi connectivity index (χ4v) is 5.46. The summed E-state index contributed by atoms with van der Waals surface area (Å²) in [5, 5.41) is 0. The Morgan fingerprint density at radius 1 is 0.846 bits per heavy atom. The minimum Gasteiger partial charge on any atom is -0.300 e. The van der Waals surface area contributed by atoms with Crippen molar-refractivity contribution in [3.63, 3.8) is 0 Å². The predicted octanol–water partition coefficient (Wildman–Crippen LogP) is 2.72. The second kappa shape index (κ2) is 7.51. The van der Waals surface area contributed by atoms with Gasteiger partial charge in [-0.25, -0.2) is 8.42 Å². The van der Waals surface area contributed by atoms with Gasteiger partial charge >= 0.3 is 0 Å². The second-order valence-corrected chi connectivity index (χ2v) is 9.20. The minimum atomic E-state index is -3.37. The van der Waals surface area contributed by atoms with Gasteiger partial charge in [0.15, 0.2) is 0 Å². The SMILES string of the molecule is O=S(=O)(c1ccc2c(c1)CCC2)N1CCN(CCc2ccccc2)CC1. The highest BCUT2D eigenvalue weighted by molar-refractivity contribution is 7.89. The Bertz CT molecular complexity index is 857. The first-order valence-electron chi connectivity index (χ1n) is 9.51. The van der Waals surface area contributed by atoms with Crippen LogP contribution in [0.2, 0.25) is 0 Å². The first-order valence-corrected chi connectivity index (χ1v) is 11.0. The summed E-state index contributed by atoms with van der Waals surface area (Å²) in [6, 6.07) is 16.2. The third-order valence-electron chi connectivity index (χ3n) is 5.60. The molecule has 2 aliphatic rings.